The molecule has 0 amide bonds. The number of rotatable bonds is 1. The lowest BCUT2D eigenvalue weighted by molar-refractivity contribution is 0.369. The lowest BCUT2D eigenvalue weighted by Crippen LogP contribution is -2.22. The molecular weight excluding hydrogens is 251 g/mol. The predicted octanol–water partition coefficient (Wildman–Crippen LogP) is 4.60. The van der Waals surface area contributed by atoms with E-state index < -0.39 is 0 Å². The highest BCUT2D eigenvalue weighted by Gasteiger charge is 2.20. The summed E-state index contributed by atoms with van der Waals surface area (Å²) in [5.41, 5.74) is 2.59. The van der Waals surface area contributed by atoms with Crippen molar-refractivity contribution in [2.24, 2.45) is 0 Å². The van der Waals surface area contributed by atoms with Crippen LogP contribution in [0.2, 0.25) is 0 Å². The van der Waals surface area contributed by atoms with Crippen molar-refractivity contribution in [3.63, 3.8) is 0 Å². The second-order valence-corrected chi connectivity index (χ2v) is 5.96. The van der Waals surface area contributed by atoms with Crippen LogP contribution in [0.25, 0.3) is 22.2 Å². The summed E-state index contributed by atoms with van der Waals surface area (Å²) >= 11 is 0. The second kappa shape index (κ2) is 4.44. The number of fused-ring (bicyclic) bond motifs is 1. The van der Waals surface area contributed by atoms with Gasteiger partial charge in [-0.1, -0.05) is 30.3 Å². The SMILES string of the molecule is CC(C)(C)n1nc(-c2cccc(F)c2)c2ccccc21. The zero-order valence-corrected chi connectivity index (χ0v) is 11.9. The van der Waals surface area contributed by atoms with E-state index in [9.17, 15) is 4.39 Å². The molecule has 2 nitrogen and oxygen atoms in total. The number of para-hydroxylation sites is 1. The predicted molar refractivity (Wildman–Crippen MR) is 80.1 cm³/mol. The van der Waals surface area contributed by atoms with Crippen LogP contribution in [-0.4, -0.2) is 9.78 Å². The molecule has 102 valence electrons. The Morgan fingerprint density at radius 3 is 2.45 bits per heavy atom. The summed E-state index contributed by atoms with van der Waals surface area (Å²) in [6.45, 7) is 6.34. The van der Waals surface area contributed by atoms with Crippen molar-refractivity contribution in [1.29, 1.82) is 0 Å². The molecule has 3 rings (SSSR count). The average molecular weight is 268 g/mol. The highest BCUT2D eigenvalue weighted by atomic mass is 19.1. The molecule has 20 heavy (non-hydrogen) atoms. The molecule has 0 radical (unpaired) electrons. The van der Waals surface area contributed by atoms with Crippen molar-refractivity contribution in [3.8, 4) is 11.3 Å². The normalized spacial score (nSPS) is 12.0. The van der Waals surface area contributed by atoms with E-state index in [0.29, 0.717) is 0 Å². The fourth-order valence-corrected chi connectivity index (χ4v) is 2.43. The highest BCUT2D eigenvalue weighted by Crippen LogP contribution is 2.31. The second-order valence-electron chi connectivity index (χ2n) is 5.96. The van der Waals surface area contributed by atoms with Gasteiger partial charge >= 0.3 is 0 Å². The smallest absolute Gasteiger partial charge is 0.123 e. The molecule has 0 spiro atoms. The number of hydrogen-bond donors (Lipinski definition) is 0. The topological polar surface area (TPSA) is 17.8 Å². The van der Waals surface area contributed by atoms with Crippen LogP contribution in [0.3, 0.4) is 0 Å². The van der Waals surface area contributed by atoms with Crippen LogP contribution in [0.4, 0.5) is 4.39 Å². The van der Waals surface area contributed by atoms with E-state index in [-0.39, 0.29) is 11.4 Å². The van der Waals surface area contributed by atoms with E-state index >= 15 is 0 Å². The maximum Gasteiger partial charge on any atom is 0.123 e. The Kier molecular flexibility index (Phi) is 2.85. The minimum absolute atomic E-state index is 0.120. The van der Waals surface area contributed by atoms with Gasteiger partial charge in [0, 0.05) is 10.9 Å². The van der Waals surface area contributed by atoms with Crippen molar-refractivity contribution in [3.05, 3.63) is 54.3 Å². The van der Waals surface area contributed by atoms with Gasteiger partial charge in [0.05, 0.1) is 11.1 Å². The van der Waals surface area contributed by atoms with Crippen LogP contribution in [0.5, 0.6) is 0 Å². The van der Waals surface area contributed by atoms with Gasteiger partial charge in [-0.25, -0.2) is 4.39 Å². The third-order valence-electron chi connectivity index (χ3n) is 3.32. The first-order chi connectivity index (χ1) is 9.47. The van der Waals surface area contributed by atoms with Gasteiger partial charge < -0.3 is 0 Å². The molecule has 0 N–H and O–H groups in total. The first kappa shape index (κ1) is 12.9. The molecule has 3 heteroatoms. The molecule has 1 heterocycles. The molecular formula is C17H17FN2. The van der Waals surface area contributed by atoms with Gasteiger partial charge in [0.25, 0.3) is 0 Å². The molecule has 0 saturated carbocycles. The first-order valence-corrected chi connectivity index (χ1v) is 6.71. The number of nitrogens with zero attached hydrogens (tertiary/aromatic N) is 2. The number of benzene rings is 2. The van der Waals surface area contributed by atoms with E-state index in [1.54, 1.807) is 6.07 Å². The van der Waals surface area contributed by atoms with Gasteiger partial charge in [-0.3, -0.25) is 4.68 Å². The van der Waals surface area contributed by atoms with Gasteiger partial charge in [-0.05, 0) is 39.0 Å². The van der Waals surface area contributed by atoms with Crippen molar-refractivity contribution in [1.82, 2.24) is 9.78 Å². The van der Waals surface area contributed by atoms with E-state index in [0.717, 1.165) is 22.2 Å². The molecule has 0 aliphatic carbocycles. The van der Waals surface area contributed by atoms with Crippen molar-refractivity contribution >= 4 is 10.9 Å². The van der Waals surface area contributed by atoms with Crippen LogP contribution < -0.4 is 0 Å². The largest absolute Gasteiger partial charge is 0.259 e. The molecule has 0 saturated heterocycles. The molecule has 1 aromatic heterocycles. The fraction of sp³-hybridized carbons (Fsp3) is 0.235. The Labute approximate surface area is 117 Å². The summed E-state index contributed by atoms with van der Waals surface area (Å²) in [4.78, 5) is 0. The first-order valence-electron chi connectivity index (χ1n) is 6.71. The summed E-state index contributed by atoms with van der Waals surface area (Å²) in [5, 5.41) is 5.77. The Balaban J connectivity index is 2.32. The summed E-state index contributed by atoms with van der Waals surface area (Å²) in [6.07, 6.45) is 0. The van der Waals surface area contributed by atoms with Crippen molar-refractivity contribution in [2.75, 3.05) is 0 Å². The van der Waals surface area contributed by atoms with Gasteiger partial charge in [-0.15, -0.1) is 0 Å². The molecule has 0 fully saturated rings. The average Bonchev–Trinajstić information content (AvgIpc) is 2.78. The molecule has 2 aromatic carbocycles. The minimum atomic E-state index is -0.239. The van der Waals surface area contributed by atoms with E-state index in [4.69, 9.17) is 5.10 Å². The molecule has 3 aromatic rings. The lowest BCUT2D eigenvalue weighted by Gasteiger charge is -2.20. The Hall–Kier alpha value is -2.16. The zero-order chi connectivity index (χ0) is 14.3. The maximum atomic E-state index is 13.5. The molecule has 0 bridgehead atoms. The van der Waals surface area contributed by atoms with Crippen molar-refractivity contribution in [2.45, 2.75) is 26.3 Å². The zero-order valence-electron chi connectivity index (χ0n) is 11.9. The van der Waals surface area contributed by atoms with E-state index in [2.05, 4.69) is 26.8 Å². The molecule has 0 aliphatic rings. The fourth-order valence-electron chi connectivity index (χ4n) is 2.43. The van der Waals surface area contributed by atoms with Crippen LogP contribution in [0, 0.1) is 5.82 Å². The molecule has 0 aliphatic heterocycles. The monoisotopic (exact) mass is 268 g/mol. The third kappa shape index (κ3) is 2.09. The number of hydrogen-bond acceptors (Lipinski definition) is 1. The molecule has 0 atom stereocenters. The Morgan fingerprint density at radius 2 is 1.75 bits per heavy atom. The maximum absolute atomic E-state index is 13.5. The van der Waals surface area contributed by atoms with Crippen LogP contribution in [-0.2, 0) is 5.54 Å². The van der Waals surface area contributed by atoms with Gasteiger partial charge in [0.15, 0.2) is 0 Å². The minimum Gasteiger partial charge on any atom is -0.259 e. The third-order valence-corrected chi connectivity index (χ3v) is 3.32. The van der Waals surface area contributed by atoms with E-state index in [1.807, 2.05) is 28.9 Å². The van der Waals surface area contributed by atoms with Crippen LogP contribution >= 0.6 is 0 Å². The summed E-state index contributed by atoms with van der Waals surface area (Å²) in [5.74, 6) is -0.239. The number of halogens is 1. The van der Waals surface area contributed by atoms with Gasteiger partial charge in [-0.2, -0.15) is 5.10 Å². The van der Waals surface area contributed by atoms with Gasteiger partial charge in [0.1, 0.15) is 11.5 Å². The Morgan fingerprint density at radius 1 is 1.00 bits per heavy atom. The summed E-state index contributed by atoms with van der Waals surface area (Å²) < 4.78 is 15.5. The lowest BCUT2D eigenvalue weighted by atomic mass is 10.1. The van der Waals surface area contributed by atoms with Crippen LogP contribution in [0.1, 0.15) is 20.8 Å². The quantitative estimate of drug-likeness (QED) is 0.630. The highest BCUT2D eigenvalue weighted by molar-refractivity contribution is 5.93. The van der Waals surface area contributed by atoms with Crippen LogP contribution in [0.15, 0.2) is 48.5 Å². The summed E-state index contributed by atoms with van der Waals surface area (Å²) in [6, 6.07) is 14.7. The number of aromatic nitrogens is 2. The van der Waals surface area contributed by atoms with Crippen molar-refractivity contribution < 1.29 is 4.39 Å². The Bertz CT molecular complexity index is 766. The molecule has 0 unspecified atom stereocenters. The summed E-state index contributed by atoms with van der Waals surface area (Å²) in [7, 11) is 0. The van der Waals surface area contributed by atoms with Gasteiger partial charge in [0.2, 0.25) is 0 Å². The van der Waals surface area contributed by atoms with E-state index in [1.165, 1.54) is 12.1 Å². The standard InChI is InChI=1S/C17H17FN2/c1-17(2,3)20-15-10-5-4-9-14(15)16(19-20)12-7-6-8-13(18)11-12/h4-11H,1-3H3.